The van der Waals surface area contributed by atoms with Crippen LogP contribution in [0.15, 0.2) is 18.2 Å². The number of carbonyl (C=O) groups is 1. The Morgan fingerprint density at radius 2 is 1.87 bits per heavy atom. The molecular formula is C14H12F6N2O. The van der Waals surface area contributed by atoms with Gasteiger partial charge in [0.1, 0.15) is 12.3 Å². The SMILES string of the molecule is CCC(N(CC=O)c1ccc(C#N)c(C(F)(F)F)c1)C(F)(F)F. The van der Waals surface area contributed by atoms with Crippen molar-refractivity contribution in [1.82, 2.24) is 0 Å². The van der Waals surface area contributed by atoms with Crippen molar-refractivity contribution in [3.63, 3.8) is 0 Å². The Morgan fingerprint density at radius 3 is 2.26 bits per heavy atom. The topological polar surface area (TPSA) is 44.1 Å². The molecule has 1 aromatic rings. The van der Waals surface area contributed by atoms with Gasteiger partial charge >= 0.3 is 12.4 Å². The highest BCUT2D eigenvalue weighted by Gasteiger charge is 2.43. The van der Waals surface area contributed by atoms with E-state index in [0.29, 0.717) is 11.0 Å². The first kappa shape index (κ1) is 18.8. The highest BCUT2D eigenvalue weighted by molar-refractivity contribution is 5.64. The number of hydrogen-bond acceptors (Lipinski definition) is 3. The number of hydrogen-bond donors (Lipinski definition) is 0. The number of anilines is 1. The third-order valence-electron chi connectivity index (χ3n) is 3.17. The highest BCUT2D eigenvalue weighted by Crippen LogP contribution is 2.36. The molecule has 1 rings (SSSR count). The third kappa shape index (κ3) is 4.37. The third-order valence-corrected chi connectivity index (χ3v) is 3.17. The number of carbonyl (C=O) groups excluding carboxylic acids is 1. The molecule has 3 nitrogen and oxygen atoms in total. The van der Waals surface area contributed by atoms with Crippen molar-refractivity contribution in [3.05, 3.63) is 29.3 Å². The second kappa shape index (κ2) is 6.89. The monoisotopic (exact) mass is 338 g/mol. The molecule has 1 aromatic carbocycles. The van der Waals surface area contributed by atoms with Gasteiger partial charge in [0.05, 0.1) is 23.7 Å². The number of alkyl halides is 6. The zero-order valence-electron chi connectivity index (χ0n) is 11.9. The molecule has 0 aliphatic heterocycles. The average molecular weight is 338 g/mol. The van der Waals surface area contributed by atoms with Crippen molar-refractivity contribution in [1.29, 1.82) is 5.26 Å². The van der Waals surface area contributed by atoms with Gasteiger partial charge < -0.3 is 9.69 Å². The Labute approximate surface area is 128 Å². The Balaban J connectivity index is 3.45. The van der Waals surface area contributed by atoms with E-state index in [1.807, 2.05) is 0 Å². The summed E-state index contributed by atoms with van der Waals surface area (Å²) < 4.78 is 77.8. The van der Waals surface area contributed by atoms with Gasteiger partial charge in [-0.05, 0) is 24.6 Å². The molecule has 1 atom stereocenters. The van der Waals surface area contributed by atoms with Gasteiger partial charge in [0, 0.05) is 5.69 Å². The maximum atomic E-state index is 13.0. The van der Waals surface area contributed by atoms with Crippen molar-refractivity contribution >= 4 is 12.0 Å². The molecule has 0 aromatic heterocycles. The molecule has 0 N–H and O–H groups in total. The Kier molecular flexibility index (Phi) is 5.64. The first-order valence-electron chi connectivity index (χ1n) is 6.44. The lowest BCUT2D eigenvalue weighted by molar-refractivity contribution is -0.149. The van der Waals surface area contributed by atoms with Crippen LogP contribution in [0.4, 0.5) is 32.0 Å². The van der Waals surface area contributed by atoms with E-state index in [1.165, 1.54) is 13.0 Å². The molecule has 0 bridgehead atoms. The van der Waals surface area contributed by atoms with Crippen molar-refractivity contribution in [2.24, 2.45) is 0 Å². The maximum Gasteiger partial charge on any atom is 0.417 e. The zero-order chi connectivity index (χ0) is 17.8. The second-order valence-electron chi connectivity index (χ2n) is 4.62. The Bertz CT molecular complexity index is 603. The molecule has 0 fully saturated rings. The van der Waals surface area contributed by atoms with Gasteiger partial charge in [-0.15, -0.1) is 0 Å². The quantitative estimate of drug-likeness (QED) is 0.604. The van der Waals surface area contributed by atoms with Crippen LogP contribution >= 0.6 is 0 Å². The van der Waals surface area contributed by atoms with Crippen molar-refractivity contribution < 1.29 is 31.1 Å². The fourth-order valence-corrected chi connectivity index (χ4v) is 2.16. The van der Waals surface area contributed by atoms with Crippen LogP contribution in [-0.2, 0) is 11.0 Å². The van der Waals surface area contributed by atoms with Gasteiger partial charge in [-0.2, -0.15) is 31.6 Å². The van der Waals surface area contributed by atoms with Gasteiger partial charge in [-0.1, -0.05) is 6.92 Å². The van der Waals surface area contributed by atoms with Crippen molar-refractivity contribution in [2.75, 3.05) is 11.4 Å². The summed E-state index contributed by atoms with van der Waals surface area (Å²) in [5.74, 6) is 0. The van der Waals surface area contributed by atoms with Gasteiger partial charge in [0.2, 0.25) is 0 Å². The lowest BCUT2D eigenvalue weighted by Crippen LogP contribution is -2.46. The number of rotatable bonds is 5. The first-order valence-corrected chi connectivity index (χ1v) is 6.44. The van der Waals surface area contributed by atoms with E-state index in [4.69, 9.17) is 5.26 Å². The number of nitrogens with zero attached hydrogens (tertiary/aromatic N) is 2. The van der Waals surface area contributed by atoms with Gasteiger partial charge in [-0.25, -0.2) is 0 Å². The lowest BCUT2D eigenvalue weighted by Gasteiger charge is -2.33. The fourth-order valence-electron chi connectivity index (χ4n) is 2.16. The molecule has 1 unspecified atom stereocenters. The smallest absolute Gasteiger partial charge is 0.353 e. The summed E-state index contributed by atoms with van der Waals surface area (Å²) in [5.41, 5.74) is -2.47. The van der Waals surface area contributed by atoms with Crippen LogP contribution in [0.2, 0.25) is 0 Å². The summed E-state index contributed by atoms with van der Waals surface area (Å²) in [5, 5.41) is 8.70. The fraction of sp³-hybridized carbons (Fsp3) is 0.429. The molecule has 0 saturated carbocycles. The molecule has 23 heavy (non-hydrogen) atoms. The molecule has 0 amide bonds. The summed E-state index contributed by atoms with van der Waals surface area (Å²) in [4.78, 5) is 11.2. The first-order chi connectivity index (χ1) is 10.6. The standard InChI is InChI=1S/C14H12F6N2O/c1-2-12(14(18,19)20)22(5-6-23)10-4-3-9(8-21)11(7-10)13(15,16)17/h3-4,6-7,12H,2,5H2,1H3. The molecule has 0 aliphatic rings. The minimum Gasteiger partial charge on any atom is -0.353 e. The molecule has 9 heteroatoms. The van der Waals surface area contributed by atoms with Crippen LogP contribution < -0.4 is 4.90 Å². The van der Waals surface area contributed by atoms with E-state index < -0.39 is 48.2 Å². The minimum atomic E-state index is -4.89. The van der Waals surface area contributed by atoms with Gasteiger partial charge in [0.25, 0.3) is 0 Å². The zero-order valence-corrected chi connectivity index (χ0v) is 11.9. The molecule has 0 heterocycles. The van der Waals surface area contributed by atoms with Crippen LogP contribution in [0, 0.1) is 11.3 Å². The van der Waals surface area contributed by atoms with E-state index in [0.717, 1.165) is 12.1 Å². The molecule has 0 saturated heterocycles. The van der Waals surface area contributed by atoms with E-state index in [1.54, 1.807) is 0 Å². The van der Waals surface area contributed by atoms with Gasteiger partial charge in [-0.3, -0.25) is 0 Å². The molecular weight excluding hydrogens is 326 g/mol. The number of aldehydes is 1. The maximum absolute atomic E-state index is 13.0. The normalized spacial score (nSPS) is 13.3. The highest BCUT2D eigenvalue weighted by atomic mass is 19.4. The summed E-state index contributed by atoms with van der Waals surface area (Å²) in [7, 11) is 0. The summed E-state index contributed by atoms with van der Waals surface area (Å²) in [6, 6.07) is 1.44. The average Bonchev–Trinajstić information content (AvgIpc) is 2.44. The molecule has 0 aliphatic carbocycles. The van der Waals surface area contributed by atoms with Crippen molar-refractivity contribution in [3.8, 4) is 6.07 Å². The van der Waals surface area contributed by atoms with E-state index >= 15 is 0 Å². The van der Waals surface area contributed by atoms with E-state index in [2.05, 4.69) is 0 Å². The lowest BCUT2D eigenvalue weighted by atomic mass is 10.0. The number of nitriles is 1. The molecule has 0 radical (unpaired) electrons. The predicted molar refractivity (Wildman–Crippen MR) is 69.7 cm³/mol. The minimum absolute atomic E-state index is 0.180. The van der Waals surface area contributed by atoms with Crippen LogP contribution in [0.3, 0.4) is 0 Å². The van der Waals surface area contributed by atoms with E-state index in [9.17, 15) is 31.1 Å². The van der Waals surface area contributed by atoms with Gasteiger partial charge in [0.15, 0.2) is 0 Å². The number of halogens is 6. The van der Waals surface area contributed by atoms with Crippen LogP contribution in [0.5, 0.6) is 0 Å². The van der Waals surface area contributed by atoms with Crippen LogP contribution in [0.1, 0.15) is 24.5 Å². The predicted octanol–water partition coefficient (Wildman–Crippen LogP) is 3.92. The largest absolute Gasteiger partial charge is 0.417 e. The van der Waals surface area contributed by atoms with Crippen LogP contribution in [0.25, 0.3) is 0 Å². The summed E-state index contributed by atoms with van der Waals surface area (Å²) >= 11 is 0. The second-order valence-corrected chi connectivity index (χ2v) is 4.62. The summed E-state index contributed by atoms with van der Waals surface area (Å²) in [6.07, 6.45) is -9.88. The summed E-state index contributed by atoms with van der Waals surface area (Å²) in [6.45, 7) is 0.492. The Hall–Kier alpha value is -2.24. The van der Waals surface area contributed by atoms with E-state index in [-0.39, 0.29) is 6.29 Å². The van der Waals surface area contributed by atoms with Crippen LogP contribution in [-0.4, -0.2) is 25.0 Å². The molecule has 0 spiro atoms. The molecule has 126 valence electrons. The number of benzene rings is 1. The van der Waals surface area contributed by atoms with Crippen molar-refractivity contribution in [2.45, 2.75) is 31.7 Å². The Morgan fingerprint density at radius 1 is 1.26 bits per heavy atom.